The zero-order chi connectivity index (χ0) is 22.5. The molecule has 0 N–H and O–H groups in total. The second-order valence-electron chi connectivity index (χ2n) is 7.23. The van der Waals surface area contributed by atoms with Crippen LogP contribution in [0.15, 0.2) is 99.4 Å². The number of fused-ring (bicyclic) bond motifs is 1. The molecule has 0 saturated carbocycles. The number of ether oxygens (including phenoxy) is 1. The molecule has 0 fully saturated rings. The van der Waals surface area contributed by atoms with Crippen molar-refractivity contribution >= 4 is 22.5 Å². The van der Waals surface area contributed by atoms with Crippen LogP contribution in [0.3, 0.4) is 0 Å². The molecule has 5 aromatic rings. The molecule has 164 valence electrons. The van der Waals surface area contributed by atoms with Crippen molar-refractivity contribution in [3.05, 3.63) is 101 Å². The molecular weight excluding hydrogens is 436 g/mol. The standard InChI is InChI=1S/C25H20N4O3S/c30-24-21-14-8-7-13-20(21)22(28-29(24)17-18-9-3-1-4-10-18)23-26-27-25(32-23)33-16-15-31-19-11-5-2-6-12-19/h1-14H,15-17H2. The Morgan fingerprint density at radius 3 is 2.33 bits per heavy atom. The number of para-hydroxylation sites is 1. The zero-order valence-electron chi connectivity index (χ0n) is 17.6. The smallest absolute Gasteiger partial charge is 0.277 e. The Morgan fingerprint density at radius 2 is 1.55 bits per heavy atom. The van der Waals surface area contributed by atoms with Crippen molar-refractivity contribution in [1.82, 2.24) is 20.0 Å². The van der Waals surface area contributed by atoms with E-state index in [-0.39, 0.29) is 11.4 Å². The maximum atomic E-state index is 13.0. The zero-order valence-corrected chi connectivity index (χ0v) is 18.4. The number of nitrogens with zero attached hydrogens (tertiary/aromatic N) is 4. The van der Waals surface area contributed by atoms with Crippen LogP contribution in [0.5, 0.6) is 5.75 Å². The number of hydrogen-bond acceptors (Lipinski definition) is 7. The van der Waals surface area contributed by atoms with E-state index in [1.807, 2.05) is 78.9 Å². The monoisotopic (exact) mass is 456 g/mol. The predicted octanol–water partition coefficient (Wildman–Crippen LogP) is 4.67. The SMILES string of the molecule is O=c1c2ccccc2c(-c2nnc(SCCOc3ccccc3)o2)nn1Cc1ccccc1. The van der Waals surface area contributed by atoms with Crippen LogP contribution in [0.25, 0.3) is 22.4 Å². The molecule has 33 heavy (non-hydrogen) atoms. The molecule has 0 aliphatic rings. The highest BCUT2D eigenvalue weighted by atomic mass is 32.2. The maximum absolute atomic E-state index is 13.0. The van der Waals surface area contributed by atoms with Gasteiger partial charge in [-0.15, -0.1) is 10.2 Å². The Labute approximate surface area is 194 Å². The normalized spacial score (nSPS) is 11.0. The molecule has 0 radical (unpaired) electrons. The third-order valence-electron chi connectivity index (χ3n) is 4.97. The molecule has 2 heterocycles. The van der Waals surface area contributed by atoms with Gasteiger partial charge in [0.2, 0.25) is 0 Å². The minimum Gasteiger partial charge on any atom is -0.493 e. The quantitative estimate of drug-likeness (QED) is 0.248. The number of hydrogen-bond donors (Lipinski definition) is 0. The van der Waals surface area contributed by atoms with E-state index < -0.39 is 0 Å². The van der Waals surface area contributed by atoms with E-state index >= 15 is 0 Å². The Morgan fingerprint density at radius 1 is 0.848 bits per heavy atom. The molecule has 8 heteroatoms. The molecule has 2 aromatic heterocycles. The molecule has 5 rings (SSSR count). The van der Waals surface area contributed by atoms with Gasteiger partial charge >= 0.3 is 0 Å². The van der Waals surface area contributed by atoms with Gasteiger partial charge in [0.05, 0.1) is 18.5 Å². The van der Waals surface area contributed by atoms with Crippen molar-refractivity contribution in [2.75, 3.05) is 12.4 Å². The van der Waals surface area contributed by atoms with E-state index in [1.54, 1.807) is 6.07 Å². The van der Waals surface area contributed by atoms with Crippen molar-refractivity contribution in [3.8, 4) is 17.3 Å². The highest BCUT2D eigenvalue weighted by Gasteiger charge is 2.18. The van der Waals surface area contributed by atoms with Crippen molar-refractivity contribution in [1.29, 1.82) is 0 Å². The summed E-state index contributed by atoms with van der Waals surface area (Å²) >= 11 is 1.41. The minimum absolute atomic E-state index is 0.162. The third-order valence-corrected chi connectivity index (χ3v) is 5.76. The van der Waals surface area contributed by atoms with Gasteiger partial charge in [0, 0.05) is 11.1 Å². The first kappa shape index (κ1) is 21.0. The number of thioether (sulfide) groups is 1. The van der Waals surface area contributed by atoms with Crippen LogP contribution in [0, 0.1) is 0 Å². The second kappa shape index (κ2) is 9.70. The molecule has 0 unspecified atom stereocenters. The predicted molar refractivity (Wildman–Crippen MR) is 127 cm³/mol. The number of aromatic nitrogens is 4. The van der Waals surface area contributed by atoms with Crippen LogP contribution < -0.4 is 10.3 Å². The second-order valence-corrected chi connectivity index (χ2v) is 8.27. The van der Waals surface area contributed by atoms with Crippen molar-refractivity contribution in [3.63, 3.8) is 0 Å². The van der Waals surface area contributed by atoms with Crippen molar-refractivity contribution in [2.24, 2.45) is 0 Å². The Bertz CT molecular complexity index is 1420. The summed E-state index contributed by atoms with van der Waals surface area (Å²) in [5.74, 6) is 1.75. The van der Waals surface area contributed by atoms with Gasteiger partial charge < -0.3 is 9.15 Å². The molecule has 0 spiro atoms. The summed E-state index contributed by atoms with van der Waals surface area (Å²) in [6.07, 6.45) is 0. The maximum Gasteiger partial charge on any atom is 0.277 e. The Kier molecular flexibility index (Phi) is 6.16. The fourth-order valence-corrected chi connectivity index (χ4v) is 4.00. The average molecular weight is 457 g/mol. The van der Waals surface area contributed by atoms with E-state index in [9.17, 15) is 4.79 Å². The lowest BCUT2D eigenvalue weighted by Crippen LogP contribution is -2.24. The molecule has 0 aliphatic heterocycles. The van der Waals surface area contributed by atoms with E-state index in [0.717, 1.165) is 11.3 Å². The largest absolute Gasteiger partial charge is 0.493 e. The highest BCUT2D eigenvalue weighted by Crippen LogP contribution is 2.26. The summed E-state index contributed by atoms with van der Waals surface area (Å²) in [4.78, 5) is 13.0. The molecule has 0 saturated heterocycles. The fourth-order valence-electron chi connectivity index (χ4n) is 3.43. The van der Waals surface area contributed by atoms with Crippen LogP contribution in [-0.4, -0.2) is 32.3 Å². The van der Waals surface area contributed by atoms with Crippen LogP contribution in [-0.2, 0) is 6.54 Å². The van der Waals surface area contributed by atoms with E-state index in [1.165, 1.54) is 16.4 Å². The molecule has 7 nitrogen and oxygen atoms in total. The molecule has 3 aromatic carbocycles. The Hall–Kier alpha value is -3.91. The van der Waals surface area contributed by atoms with Gasteiger partial charge in [-0.2, -0.15) is 5.10 Å². The van der Waals surface area contributed by atoms with Crippen molar-refractivity contribution in [2.45, 2.75) is 11.8 Å². The third kappa shape index (κ3) is 4.80. The minimum atomic E-state index is -0.162. The van der Waals surface area contributed by atoms with Gasteiger partial charge in [-0.1, -0.05) is 78.5 Å². The molecule has 0 amide bonds. The van der Waals surface area contributed by atoms with Gasteiger partial charge in [0.25, 0.3) is 16.7 Å². The van der Waals surface area contributed by atoms with Crippen LogP contribution in [0.1, 0.15) is 5.56 Å². The van der Waals surface area contributed by atoms with Gasteiger partial charge in [-0.25, -0.2) is 4.68 Å². The van der Waals surface area contributed by atoms with E-state index in [4.69, 9.17) is 9.15 Å². The summed E-state index contributed by atoms with van der Waals surface area (Å²) in [6, 6.07) is 26.7. The van der Waals surface area contributed by atoms with Crippen LogP contribution >= 0.6 is 11.8 Å². The highest BCUT2D eigenvalue weighted by molar-refractivity contribution is 7.99. The lowest BCUT2D eigenvalue weighted by Gasteiger charge is -2.09. The Balaban J connectivity index is 1.38. The molecular formula is C25H20N4O3S. The van der Waals surface area contributed by atoms with Crippen LogP contribution in [0.2, 0.25) is 0 Å². The first-order chi connectivity index (χ1) is 16.3. The molecule has 0 atom stereocenters. The number of rotatable bonds is 8. The van der Waals surface area contributed by atoms with Gasteiger partial charge in [-0.3, -0.25) is 4.79 Å². The summed E-state index contributed by atoms with van der Waals surface area (Å²) < 4.78 is 13.0. The fraction of sp³-hybridized carbons (Fsp3) is 0.120. The van der Waals surface area contributed by atoms with Gasteiger partial charge in [0.1, 0.15) is 5.75 Å². The lowest BCUT2D eigenvalue weighted by molar-refractivity contribution is 0.343. The first-order valence-electron chi connectivity index (χ1n) is 10.5. The van der Waals surface area contributed by atoms with Gasteiger partial charge in [-0.05, 0) is 23.8 Å². The summed E-state index contributed by atoms with van der Waals surface area (Å²) in [5, 5.41) is 14.6. The van der Waals surface area contributed by atoms with E-state index in [0.29, 0.717) is 40.6 Å². The van der Waals surface area contributed by atoms with Crippen molar-refractivity contribution < 1.29 is 9.15 Å². The van der Waals surface area contributed by atoms with Crippen LogP contribution in [0.4, 0.5) is 0 Å². The van der Waals surface area contributed by atoms with E-state index in [2.05, 4.69) is 15.3 Å². The first-order valence-corrected chi connectivity index (χ1v) is 11.4. The lowest BCUT2D eigenvalue weighted by atomic mass is 10.1. The molecule has 0 aliphatic carbocycles. The summed E-state index contributed by atoms with van der Waals surface area (Å²) in [5.41, 5.74) is 1.31. The molecule has 0 bridgehead atoms. The van der Waals surface area contributed by atoms with Gasteiger partial charge in [0.15, 0.2) is 5.69 Å². The summed E-state index contributed by atoms with van der Waals surface area (Å²) in [6.45, 7) is 0.861. The number of benzene rings is 3. The topological polar surface area (TPSA) is 83.0 Å². The average Bonchev–Trinajstić information content (AvgIpc) is 3.34. The summed E-state index contributed by atoms with van der Waals surface area (Å²) in [7, 11) is 0.